The minimum atomic E-state index is -0.0949. The number of halogens is 1. The third-order valence-corrected chi connectivity index (χ3v) is 4.18. The van der Waals surface area contributed by atoms with E-state index < -0.39 is 0 Å². The molecule has 0 amide bonds. The van der Waals surface area contributed by atoms with Crippen molar-refractivity contribution in [3.05, 3.63) is 22.2 Å². The van der Waals surface area contributed by atoms with Gasteiger partial charge in [-0.2, -0.15) is 0 Å². The van der Waals surface area contributed by atoms with Crippen LogP contribution in [0.3, 0.4) is 0 Å². The number of carbonyl (C=O) groups is 1. The molecule has 1 aliphatic rings. The zero-order chi connectivity index (χ0) is 15.2. The first kappa shape index (κ1) is 16.3. The lowest BCUT2D eigenvalue weighted by atomic mass is 9.96. The molecule has 1 aromatic carbocycles. The van der Waals surface area contributed by atoms with Crippen LogP contribution in [0.2, 0.25) is 0 Å². The van der Waals surface area contributed by atoms with Crippen LogP contribution >= 0.6 is 15.9 Å². The maximum absolute atomic E-state index is 12.7. The lowest BCUT2D eigenvalue weighted by Crippen LogP contribution is -2.40. The minimum absolute atomic E-state index is 0.0949. The van der Waals surface area contributed by atoms with Gasteiger partial charge in [-0.1, -0.05) is 6.42 Å². The van der Waals surface area contributed by atoms with Gasteiger partial charge in [-0.15, -0.1) is 0 Å². The maximum Gasteiger partial charge on any atom is 0.181 e. The molecule has 0 radical (unpaired) electrons. The van der Waals surface area contributed by atoms with Gasteiger partial charge in [0.05, 0.1) is 19.3 Å². The fourth-order valence-electron chi connectivity index (χ4n) is 2.52. The molecule has 1 aliphatic heterocycles. The highest BCUT2D eigenvalue weighted by Gasteiger charge is 2.25. The Bertz CT molecular complexity index is 499. The number of rotatable bonds is 6. The Kier molecular flexibility index (Phi) is 6.06. The Morgan fingerprint density at radius 3 is 2.48 bits per heavy atom. The number of ether oxygens (including phenoxy) is 2. The SMILES string of the molecule is CCOc1cc(Br)c(C(=O)C2CCCCN2)cc1OCC. The van der Waals surface area contributed by atoms with E-state index in [0.717, 1.165) is 30.3 Å². The summed E-state index contributed by atoms with van der Waals surface area (Å²) in [6.07, 6.45) is 3.12. The first-order valence-electron chi connectivity index (χ1n) is 7.54. The fraction of sp³-hybridized carbons (Fsp3) is 0.562. The number of ketones is 1. The molecule has 0 aromatic heterocycles. The Morgan fingerprint density at radius 2 is 1.90 bits per heavy atom. The molecule has 1 atom stereocenters. The van der Waals surface area contributed by atoms with Gasteiger partial charge >= 0.3 is 0 Å². The van der Waals surface area contributed by atoms with Crippen molar-refractivity contribution in [3.8, 4) is 11.5 Å². The highest BCUT2D eigenvalue weighted by molar-refractivity contribution is 9.10. The normalized spacial score (nSPS) is 18.3. The molecule has 1 saturated heterocycles. The van der Waals surface area contributed by atoms with Gasteiger partial charge in [-0.3, -0.25) is 4.79 Å². The van der Waals surface area contributed by atoms with Crippen molar-refractivity contribution in [2.75, 3.05) is 19.8 Å². The molecule has 1 heterocycles. The number of hydrogen-bond acceptors (Lipinski definition) is 4. The van der Waals surface area contributed by atoms with E-state index in [2.05, 4.69) is 21.2 Å². The van der Waals surface area contributed by atoms with Gasteiger partial charge in [0.1, 0.15) is 0 Å². The summed E-state index contributed by atoms with van der Waals surface area (Å²) in [5, 5.41) is 3.29. The summed E-state index contributed by atoms with van der Waals surface area (Å²) in [5.74, 6) is 1.41. The van der Waals surface area contributed by atoms with Gasteiger partial charge in [0, 0.05) is 10.0 Å². The van der Waals surface area contributed by atoms with Crippen LogP contribution in [0.25, 0.3) is 0 Å². The predicted molar refractivity (Wildman–Crippen MR) is 86.5 cm³/mol. The van der Waals surface area contributed by atoms with E-state index in [1.54, 1.807) is 6.07 Å². The van der Waals surface area contributed by atoms with Crippen LogP contribution in [0.5, 0.6) is 11.5 Å². The Labute approximate surface area is 134 Å². The summed E-state index contributed by atoms with van der Waals surface area (Å²) in [7, 11) is 0. The van der Waals surface area contributed by atoms with Crippen LogP contribution in [-0.2, 0) is 0 Å². The van der Waals surface area contributed by atoms with Gasteiger partial charge in [0.2, 0.25) is 0 Å². The molecule has 1 aromatic rings. The smallest absolute Gasteiger partial charge is 0.181 e. The van der Waals surface area contributed by atoms with Crippen LogP contribution in [0.4, 0.5) is 0 Å². The van der Waals surface area contributed by atoms with Crippen molar-refractivity contribution >= 4 is 21.7 Å². The second-order valence-electron chi connectivity index (χ2n) is 5.01. The number of nitrogens with one attached hydrogen (secondary N) is 1. The number of hydrogen-bond donors (Lipinski definition) is 1. The number of benzene rings is 1. The molecule has 5 heteroatoms. The molecule has 1 N–H and O–H groups in total. The maximum atomic E-state index is 12.7. The Hall–Kier alpha value is -1.07. The zero-order valence-corrected chi connectivity index (χ0v) is 14.2. The summed E-state index contributed by atoms with van der Waals surface area (Å²) < 4.78 is 11.9. The standard InChI is InChI=1S/C16H22BrNO3/c1-3-20-14-9-11(12(17)10-15(14)21-4-2)16(19)13-7-5-6-8-18-13/h9-10,13,18H,3-8H2,1-2H3. The summed E-state index contributed by atoms with van der Waals surface area (Å²) in [6.45, 7) is 5.85. The van der Waals surface area contributed by atoms with Crippen molar-refractivity contribution in [3.63, 3.8) is 0 Å². The number of piperidine rings is 1. The summed E-state index contributed by atoms with van der Waals surface area (Å²) in [5.41, 5.74) is 0.654. The van der Waals surface area contributed by atoms with Crippen LogP contribution in [0, 0.1) is 0 Å². The first-order chi connectivity index (χ1) is 10.2. The summed E-state index contributed by atoms with van der Waals surface area (Å²) in [6, 6.07) is 3.52. The van der Waals surface area contributed by atoms with E-state index in [4.69, 9.17) is 9.47 Å². The van der Waals surface area contributed by atoms with Gasteiger partial charge < -0.3 is 14.8 Å². The third-order valence-electron chi connectivity index (χ3n) is 3.53. The van der Waals surface area contributed by atoms with Crippen LogP contribution in [0.15, 0.2) is 16.6 Å². The molecular formula is C16H22BrNO3. The quantitative estimate of drug-likeness (QED) is 0.792. The van der Waals surface area contributed by atoms with E-state index in [9.17, 15) is 4.79 Å². The van der Waals surface area contributed by atoms with Crippen LogP contribution in [-0.4, -0.2) is 31.6 Å². The molecule has 4 nitrogen and oxygen atoms in total. The molecule has 0 saturated carbocycles. The zero-order valence-electron chi connectivity index (χ0n) is 12.6. The van der Waals surface area contributed by atoms with Gasteiger partial charge in [0.25, 0.3) is 0 Å². The molecule has 21 heavy (non-hydrogen) atoms. The predicted octanol–water partition coefficient (Wildman–Crippen LogP) is 3.57. The molecule has 1 fully saturated rings. The second kappa shape index (κ2) is 7.80. The third kappa shape index (κ3) is 3.98. The average molecular weight is 356 g/mol. The summed E-state index contributed by atoms with van der Waals surface area (Å²) in [4.78, 5) is 12.7. The van der Waals surface area contributed by atoms with Gasteiger partial charge in [0.15, 0.2) is 17.3 Å². The Morgan fingerprint density at radius 1 is 1.24 bits per heavy atom. The molecular weight excluding hydrogens is 334 g/mol. The van der Waals surface area contributed by atoms with Crippen molar-refractivity contribution in [2.45, 2.75) is 39.2 Å². The number of Topliss-reactive ketones (excluding diaryl/α,β-unsaturated/α-hetero) is 1. The van der Waals surface area contributed by atoms with E-state index in [0.29, 0.717) is 30.3 Å². The van der Waals surface area contributed by atoms with E-state index in [1.807, 2.05) is 19.9 Å². The van der Waals surface area contributed by atoms with Crippen molar-refractivity contribution in [1.29, 1.82) is 0 Å². The Balaban J connectivity index is 2.29. The lowest BCUT2D eigenvalue weighted by molar-refractivity contribution is 0.0926. The average Bonchev–Trinajstić information content (AvgIpc) is 2.50. The van der Waals surface area contributed by atoms with Gasteiger partial charge in [-0.25, -0.2) is 0 Å². The van der Waals surface area contributed by atoms with Crippen LogP contribution < -0.4 is 14.8 Å². The fourth-order valence-corrected chi connectivity index (χ4v) is 3.04. The molecule has 2 rings (SSSR count). The van der Waals surface area contributed by atoms with E-state index in [1.165, 1.54) is 0 Å². The van der Waals surface area contributed by atoms with Crippen molar-refractivity contribution < 1.29 is 14.3 Å². The highest BCUT2D eigenvalue weighted by atomic mass is 79.9. The molecule has 1 unspecified atom stereocenters. The van der Waals surface area contributed by atoms with E-state index >= 15 is 0 Å². The first-order valence-corrected chi connectivity index (χ1v) is 8.33. The molecule has 0 spiro atoms. The second-order valence-corrected chi connectivity index (χ2v) is 5.87. The van der Waals surface area contributed by atoms with E-state index in [-0.39, 0.29) is 11.8 Å². The largest absolute Gasteiger partial charge is 0.490 e. The molecule has 116 valence electrons. The van der Waals surface area contributed by atoms with Crippen LogP contribution in [0.1, 0.15) is 43.5 Å². The topological polar surface area (TPSA) is 47.6 Å². The van der Waals surface area contributed by atoms with Crippen molar-refractivity contribution in [2.24, 2.45) is 0 Å². The van der Waals surface area contributed by atoms with Crippen molar-refractivity contribution in [1.82, 2.24) is 5.32 Å². The highest BCUT2D eigenvalue weighted by Crippen LogP contribution is 2.34. The monoisotopic (exact) mass is 355 g/mol. The van der Waals surface area contributed by atoms with Gasteiger partial charge in [-0.05, 0) is 61.3 Å². The number of carbonyl (C=O) groups excluding carboxylic acids is 1. The lowest BCUT2D eigenvalue weighted by Gasteiger charge is -2.23. The minimum Gasteiger partial charge on any atom is -0.490 e. The summed E-state index contributed by atoms with van der Waals surface area (Å²) >= 11 is 3.49. The molecule has 0 bridgehead atoms. The molecule has 0 aliphatic carbocycles.